The number of ether oxygens (including phenoxy) is 1. The van der Waals surface area contributed by atoms with Gasteiger partial charge >= 0.3 is 0 Å². The van der Waals surface area contributed by atoms with E-state index in [9.17, 15) is 0 Å². The molecule has 0 amide bonds. The maximum atomic E-state index is 5.54. The van der Waals surface area contributed by atoms with Gasteiger partial charge in [0.15, 0.2) is 0 Å². The summed E-state index contributed by atoms with van der Waals surface area (Å²) in [5.74, 6) is 0. The van der Waals surface area contributed by atoms with Crippen molar-refractivity contribution in [3.8, 4) is 0 Å². The highest BCUT2D eigenvalue weighted by atomic mass is 16.5. The maximum Gasteiger partial charge on any atom is 0.0677 e. The number of hydrogen-bond acceptors (Lipinski definition) is 1. The molecule has 0 unspecified atom stereocenters. The van der Waals surface area contributed by atoms with Gasteiger partial charge in [-0.15, -0.1) is 0 Å². The van der Waals surface area contributed by atoms with Crippen molar-refractivity contribution in [1.29, 1.82) is 0 Å². The summed E-state index contributed by atoms with van der Waals surface area (Å²) in [6, 6.07) is 0. The minimum Gasteiger partial charge on any atom is -0.377 e. The van der Waals surface area contributed by atoms with Crippen LogP contribution >= 0.6 is 0 Å². The van der Waals surface area contributed by atoms with Gasteiger partial charge in [0, 0.05) is 6.61 Å². The molecule has 0 atom stereocenters. The van der Waals surface area contributed by atoms with Crippen LogP contribution in [0.1, 0.15) is 39.5 Å². The maximum absolute atomic E-state index is 5.54. The molecule has 15 heavy (non-hydrogen) atoms. The van der Waals surface area contributed by atoms with Gasteiger partial charge in [0.2, 0.25) is 0 Å². The highest BCUT2D eigenvalue weighted by Gasteiger charge is 1.90. The zero-order valence-electron chi connectivity index (χ0n) is 10.2. The molecular weight excluding hydrogens is 184 g/mol. The van der Waals surface area contributed by atoms with Crippen LogP contribution in [-0.4, -0.2) is 13.2 Å². The molecule has 0 aliphatic rings. The van der Waals surface area contributed by atoms with E-state index in [1.165, 1.54) is 31.3 Å². The summed E-state index contributed by atoms with van der Waals surface area (Å²) in [6.45, 7) is 9.55. The fourth-order valence-electron chi connectivity index (χ4n) is 1.21. The van der Waals surface area contributed by atoms with Gasteiger partial charge in [-0.05, 0) is 18.9 Å². The molecule has 86 valence electrons. The first-order valence-corrected chi connectivity index (χ1v) is 5.83. The number of hydrogen-bond donors (Lipinski definition) is 0. The molecule has 0 bridgehead atoms. The fourth-order valence-corrected chi connectivity index (χ4v) is 1.21. The second kappa shape index (κ2) is 11.3. The summed E-state index contributed by atoms with van der Waals surface area (Å²) < 4.78 is 5.54. The van der Waals surface area contributed by atoms with Crippen LogP contribution in [0.25, 0.3) is 0 Å². The Hall–Kier alpha value is -0.820. The first-order chi connectivity index (χ1) is 7.31. The molecule has 0 N–H and O–H groups in total. The standard InChI is InChI=1S/C14H24O/c1-4-6-8-10-12-15-13-14(3)11-9-7-5-2/h5,7,9,11H,2,4,6,8,10,12-13H2,1,3H3/b9-7-,14-11+. The van der Waals surface area contributed by atoms with Crippen molar-refractivity contribution in [2.45, 2.75) is 39.5 Å². The molecule has 0 saturated carbocycles. The Bertz CT molecular complexity index is 201. The Morgan fingerprint density at radius 3 is 2.67 bits per heavy atom. The van der Waals surface area contributed by atoms with Crippen LogP contribution in [0.2, 0.25) is 0 Å². The van der Waals surface area contributed by atoms with Crippen LogP contribution in [0, 0.1) is 0 Å². The zero-order valence-corrected chi connectivity index (χ0v) is 10.2. The number of allylic oxidation sites excluding steroid dienone is 4. The van der Waals surface area contributed by atoms with E-state index < -0.39 is 0 Å². The van der Waals surface area contributed by atoms with E-state index >= 15 is 0 Å². The van der Waals surface area contributed by atoms with Crippen molar-refractivity contribution in [3.63, 3.8) is 0 Å². The normalized spacial score (nSPS) is 12.3. The van der Waals surface area contributed by atoms with Crippen molar-refractivity contribution < 1.29 is 4.74 Å². The summed E-state index contributed by atoms with van der Waals surface area (Å²) in [5, 5.41) is 0. The SMILES string of the molecule is C=C/C=C\C=C(/C)COCCCCCC. The molecule has 0 radical (unpaired) electrons. The minimum absolute atomic E-state index is 0.744. The molecule has 0 fully saturated rings. The third-order valence-electron chi connectivity index (χ3n) is 2.10. The number of unbranched alkanes of at least 4 members (excludes halogenated alkanes) is 3. The van der Waals surface area contributed by atoms with E-state index in [4.69, 9.17) is 4.74 Å². The van der Waals surface area contributed by atoms with Crippen LogP contribution < -0.4 is 0 Å². The highest BCUT2D eigenvalue weighted by molar-refractivity contribution is 5.14. The van der Waals surface area contributed by atoms with Crippen molar-refractivity contribution in [1.82, 2.24) is 0 Å². The predicted octanol–water partition coefficient (Wildman–Crippen LogP) is 4.27. The molecule has 0 aliphatic heterocycles. The largest absolute Gasteiger partial charge is 0.377 e. The van der Waals surface area contributed by atoms with E-state index in [0.29, 0.717) is 0 Å². The smallest absolute Gasteiger partial charge is 0.0677 e. The molecule has 0 aromatic rings. The predicted molar refractivity (Wildman–Crippen MR) is 68.1 cm³/mol. The van der Waals surface area contributed by atoms with Crippen LogP contribution in [0.4, 0.5) is 0 Å². The summed E-state index contributed by atoms with van der Waals surface area (Å²) >= 11 is 0. The Labute approximate surface area is 94.5 Å². The molecule has 1 nitrogen and oxygen atoms in total. The van der Waals surface area contributed by atoms with Crippen LogP contribution in [0.15, 0.2) is 36.5 Å². The van der Waals surface area contributed by atoms with Crippen LogP contribution in [-0.2, 0) is 4.74 Å². The highest BCUT2D eigenvalue weighted by Crippen LogP contribution is 2.00. The second-order valence-electron chi connectivity index (χ2n) is 3.75. The fraction of sp³-hybridized carbons (Fsp3) is 0.571. The third-order valence-corrected chi connectivity index (χ3v) is 2.10. The van der Waals surface area contributed by atoms with Gasteiger partial charge < -0.3 is 4.74 Å². The average molecular weight is 208 g/mol. The van der Waals surface area contributed by atoms with Crippen LogP contribution in [0.5, 0.6) is 0 Å². The van der Waals surface area contributed by atoms with E-state index in [0.717, 1.165) is 13.2 Å². The van der Waals surface area contributed by atoms with E-state index in [2.05, 4.69) is 26.5 Å². The zero-order chi connectivity index (χ0) is 11.4. The lowest BCUT2D eigenvalue weighted by Crippen LogP contribution is -1.97. The molecule has 0 saturated heterocycles. The van der Waals surface area contributed by atoms with Gasteiger partial charge in [-0.25, -0.2) is 0 Å². The molecule has 0 rings (SSSR count). The van der Waals surface area contributed by atoms with Gasteiger partial charge in [0.1, 0.15) is 0 Å². The lowest BCUT2D eigenvalue weighted by molar-refractivity contribution is 0.151. The Morgan fingerprint density at radius 1 is 1.20 bits per heavy atom. The van der Waals surface area contributed by atoms with Crippen molar-refractivity contribution >= 4 is 0 Å². The molecular formula is C14H24O. The first-order valence-electron chi connectivity index (χ1n) is 5.83. The minimum atomic E-state index is 0.744. The van der Waals surface area contributed by atoms with E-state index in [-0.39, 0.29) is 0 Å². The van der Waals surface area contributed by atoms with Crippen LogP contribution in [0.3, 0.4) is 0 Å². The van der Waals surface area contributed by atoms with Crippen molar-refractivity contribution in [3.05, 3.63) is 36.5 Å². The molecule has 0 heterocycles. The molecule has 0 spiro atoms. The molecule has 0 aliphatic carbocycles. The van der Waals surface area contributed by atoms with Crippen molar-refractivity contribution in [2.75, 3.05) is 13.2 Å². The average Bonchev–Trinajstić information content (AvgIpc) is 2.23. The van der Waals surface area contributed by atoms with Gasteiger partial charge in [-0.1, -0.05) is 57.1 Å². The second-order valence-corrected chi connectivity index (χ2v) is 3.75. The third kappa shape index (κ3) is 11.1. The Balaban J connectivity index is 3.38. The summed E-state index contributed by atoms with van der Waals surface area (Å²) in [5.41, 5.74) is 1.25. The molecule has 0 aromatic heterocycles. The Kier molecular flexibility index (Phi) is 10.6. The summed E-state index contributed by atoms with van der Waals surface area (Å²) in [7, 11) is 0. The molecule has 1 heteroatoms. The van der Waals surface area contributed by atoms with Gasteiger partial charge in [-0.3, -0.25) is 0 Å². The lowest BCUT2D eigenvalue weighted by Gasteiger charge is -2.03. The van der Waals surface area contributed by atoms with Gasteiger partial charge in [0.05, 0.1) is 6.61 Å². The summed E-state index contributed by atoms with van der Waals surface area (Å²) in [4.78, 5) is 0. The van der Waals surface area contributed by atoms with E-state index in [1.54, 1.807) is 6.08 Å². The summed E-state index contributed by atoms with van der Waals surface area (Å²) in [6.07, 6.45) is 12.8. The first kappa shape index (κ1) is 14.2. The quantitative estimate of drug-likeness (QED) is 0.406. The lowest BCUT2D eigenvalue weighted by atomic mass is 10.2. The van der Waals surface area contributed by atoms with Crippen molar-refractivity contribution in [2.24, 2.45) is 0 Å². The Morgan fingerprint density at radius 2 is 2.00 bits per heavy atom. The van der Waals surface area contributed by atoms with Gasteiger partial charge in [0.25, 0.3) is 0 Å². The number of rotatable bonds is 9. The van der Waals surface area contributed by atoms with Gasteiger partial charge in [-0.2, -0.15) is 0 Å². The monoisotopic (exact) mass is 208 g/mol. The topological polar surface area (TPSA) is 9.23 Å². The molecule has 0 aromatic carbocycles. The van der Waals surface area contributed by atoms with E-state index in [1.807, 2.05) is 12.2 Å².